The summed E-state index contributed by atoms with van der Waals surface area (Å²) in [5, 5.41) is 0. The number of ether oxygens (including phenoxy) is 1. The fraction of sp³-hybridized carbons (Fsp3) is 0.692. The predicted molar refractivity (Wildman–Crippen MR) is 61.9 cm³/mol. The van der Waals surface area contributed by atoms with Crippen LogP contribution < -0.4 is 0 Å². The van der Waals surface area contributed by atoms with Gasteiger partial charge in [-0.25, -0.2) is 0 Å². The third kappa shape index (κ3) is 3.47. The Morgan fingerprint density at radius 1 is 1.75 bits per heavy atom. The lowest BCUT2D eigenvalue weighted by molar-refractivity contribution is -0.142. The third-order valence-electron chi connectivity index (χ3n) is 2.40. The highest BCUT2D eigenvalue weighted by atomic mass is 16.5. The number of rotatable bonds is 5. The normalized spacial score (nSPS) is 38.5. The Hall–Kier alpha value is -1.12. The predicted octanol–water partition coefficient (Wildman–Crippen LogP) is 2.50. The molecule has 1 rings (SSSR count). The van der Waals surface area contributed by atoms with E-state index in [4.69, 9.17) is 6.85 Å². The first-order valence-corrected chi connectivity index (χ1v) is 5.32. The number of esters is 1. The Kier molecular flexibility index (Phi) is 2.93. The third-order valence-corrected chi connectivity index (χ3v) is 2.40. The second kappa shape index (κ2) is 6.46. The van der Waals surface area contributed by atoms with Gasteiger partial charge in [0.25, 0.3) is 0 Å². The van der Waals surface area contributed by atoms with Crippen molar-refractivity contribution in [3.05, 3.63) is 12.2 Å². The monoisotopic (exact) mass is 229 g/mol. The van der Waals surface area contributed by atoms with E-state index in [2.05, 4.69) is 4.74 Å². The number of carbonyl (C=O) groups excluding carboxylic acids is 2. The van der Waals surface area contributed by atoms with E-state index < -0.39 is 42.7 Å². The van der Waals surface area contributed by atoms with Crippen molar-refractivity contribution in [2.24, 2.45) is 11.8 Å². The van der Waals surface area contributed by atoms with Gasteiger partial charge in [0.1, 0.15) is 5.78 Å². The molecule has 1 saturated carbocycles. The van der Waals surface area contributed by atoms with Crippen LogP contribution in [0.5, 0.6) is 0 Å². The summed E-state index contributed by atoms with van der Waals surface area (Å²) >= 11 is 0. The van der Waals surface area contributed by atoms with Crippen LogP contribution in [0.3, 0.4) is 0 Å². The van der Waals surface area contributed by atoms with Gasteiger partial charge in [-0.2, -0.15) is 0 Å². The molecule has 1 aliphatic rings. The molecule has 0 radical (unpaired) electrons. The van der Waals surface area contributed by atoms with Crippen molar-refractivity contribution in [2.75, 3.05) is 7.11 Å². The molecule has 16 heavy (non-hydrogen) atoms. The SMILES string of the molecule is [2H]C1([2H])CC(C([2H])([2H])C(=O)OC)C([2H])(C/C=C\CC)C1=O. The Labute approximate surface area is 104 Å². The molecule has 0 aromatic rings. The summed E-state index contributed by atoms with van der Waals surface area (Å²) in [5.41, 5.74) is 0. The lowest BCUT2D eigenvalue weighted by Crippen LogP contribution is -2.18. The van der Waals surface area contributed by atoms with Gasteiger partial charge in [0.2, 0.25) is 0 Å². The van der Waals surface area contributed by atoms with Gasteiger partial charge in [-0.3, -0.25) is 9.59 Å². The summed E-state index contributed by atoms with van der Waals surface area (Å²) in [6.07, 6.45) is -1.55. The number of carbonyl (C=O) groups is 2. The molecule has 1 fully saturated rings. The van der Waals surface area contributed by atoms with E-state index in [9.17, 15) is 9.59 Å². The van der Waals surface area contributed by atoms with Crippen molar-refractivity contribution in [1.29, 1.82) is 0 Å². The van der Waals surface area contributed by atoms with Gasteiger partial charge in [0.15, 0.2) is 0 Å². The summed E-state index contributed by atoms with van der Waals surface area (Å²) in [6, 6.07) is 0. The first-order chi connectivity index (χ1) is 9.54. The minimum atomic E-state index is -2.59. The Bertz CT molecular complexity index is 461. The zero-order valence-electron chi connectivity index (χ0n) is 14.6. The van der Waals surface area contributed by atoms with Crippen molar-refractivity contribution in [3.63, 3.8) is 0 Å². The zero-order chi connectivity index (χ0) is 16.5. The van der Waals surface area contributed by atoms with Crippen LogP contribution in [0.2, 0.25) is 0 Å². The van der Waals surface area contributed by atoms with E-state index in [1.807, 2.05) is 6.92 Å². The summed E-state index contributed by atoms with van der Waals surface area (Å²) in [4.78, 5) is 23.8. The van der Waals surface area contributed by atoms with E-state index in [0.29, 0.717) is 6.42 Å². The van der Waals surface area contributed by atoms with Crippen molar-refractivity contribution >= 4 is 11.8 Å². The Morgan fingerprint density at radius 3 is 3.12 bits per heavy atom. The molecule has 0 aliphatic heterocycles. The van der Waals surface area contributed by atoms with Crippen molar-refractivity contribution in [2.45, 2.75) is 38.9 Å². The molecule has 0 bridgehead atoms. The maximum Gasteiger partial charge on any atom is 0.305 e. The van der Waals surface area contributed by atoms with Crippen LogP contribution in [0.1, 0.15) is 45.8 Å². The van der Waals surface area contributed by atoms with Gasteiger partial charge in [-0.1, -0.05) is 19.1 Å². The quantitative estimate of drug-likeness (QED) is 0.537. The number of ketones is 1. The molecule has 90 valence electrons. The molecule has 0 N–H and O–H groups in total. The number of Topliss-reactive ketones (excluding diaryl/α,β-unsaturated/α-hetero) is 1. The van der Waals surface area contributed by atoms with Crippen LogP contribution in [0.15, 0.2) is 12.2 Å². The average Bonchev–Trinajstić information content (AvgIpc) is 2.60. The smallest absolute Gasteiger partial charge is 0.305 e. The molecular formula is C13H20O3. The maximum atomic E-state index is 12.2. The molecule has 0 amide bonds. The lowest BCUT2D eigenvalue weighted by Gasteiger charge is -2.15. The summed E-state index contributed by atoms with van der Waals surface area (Å²) < 4.78 is 43.8. The van der Waals surface area contributed by atoms with Crippen molar-refractivity contribution in [3.8, 4) is 0 Å². The van der Waals surface area contributed by atoms with Crippen LogP contribution in [0.4, 0.5) is 0 Å². The van der Waals surface area contributed by atoms with E-state index in [-0.39, 0.29) is 6.42 Å². The number of hydrogen-bond acceptors (Lipinski definition) is 3. The minimum absolute atomic E-state index is 0.125. The van der Waals surface area contributed by atoms with E-state index in [0.717, 1.165) is 7.11 Å². The molecule has 2 unspecified atom stereocenters. The topological polar surface area (TPSA) is 43.4 Å². The first kappa shape index (κ1) is 7.25. The Morgan fingerprint density at radius 2 is 2.50 bits per heavy atom. The second-order valence-corrected chi connectivity index (χ2v) is 3.51. The molecule has 2 atom stereocenters. The van der Waals surface area contributed by atoms with Crippen molar-refractivity contribution < 1.29 is 21.2 Å². The molecule has 3 nitrogen and oxygen atoms in total. The second-order valence-electron chi connectivity index (χ2n) is 3.51. The summed E-state index contributed by atoms with van der Waals surface area (Å²) in [7, 11) is 1.02. The van der Waals surface area contributed by atoms with Gasteiger partial charge in [-0.05, 0) is 25.2 Å². The van der Waals surface area contributed by atoms with Crippen LogP contribution in [0.25, 0.3) is 0 Å². The van der Waals surface area contributed by atoms with Gasteiger partial charge in [0, 0.05) is 25.5 Å². The molecule has 0 spiro atoms. The highest BCUT2D eigenvalue weighted by Crippen LogP contribution is 2.34. The molecule has 1 aliphatic carbocycles. The summed E-state index contributed by atoms with van der Waals surface area (Å²) in [5.74, 6) is -5.56. The van der Waals surface area contributed by atoms with E-state index >= 15 is 0 Å². The fourth-order valence-corrected chi connectivity index (χ4v) is 1.54. The molecule has 0 aromatic heterocycles. The standard InChI is InChI=1S/C13H20O3/c1-3-4-5-6-11-10(7-8-12(11)14)9-13(15)16-2/h4-5,10-11H,3,6-9H2,1-2H3/b5-4-/i8D2,9D2,11D. The molecule has 3 heteroatoms. The van der Waals surface area contributed by atoms with Gasteiger partial charge >= 0.3 is 5.97 Å². The lowest BCUT2D eigenvalue weighted by atomic mass is 9.89. The molecular weight excluding hydrogens is 204 g/mol. The zero-order valence-corrected chi connectivity index (χ0v) is 9.58. The van der Waals surface area contributed by atoms with E-state index in [1.54, 1.807) is 12.2 Å². The minimum Gasteiger partial charge on any atom is -0.469 e. The molecule has 0 heterocycles. The van der Waals surface area contributed by atoms with Crippen LogP contribution in [-0.2, 0) is 14.3 Å². The fourth-order valence-electron chi connectivity index (χ4n) is 1.54. The maximum absolute atomic E-state index is 12.2. The van der Waals surface area contributed by atoms with Gasteiger partial charge < -0.3 is 4.74 Å². The number of allylic oxidation sites excluding steroid dienone is 2. The van der Waals surface area contributed by atoms with Crippen LogP contribution in [0, 0.1) is 11.8 Å². The average molecular weight is 229 g/mol. The summed E-state index contributed by atoms with van der Waals surface area (Å²) in [6.45, 7) is 1.87. The van der Waals surface area contributed by atoms with E-state index in [1.165, 1.54) is 0 Å². The largest absolute Gasteiger partial charge is 0.469 e. The van der Waals surface area contributed by atoms with Crippen LogP contribution in [-0.4, -0.2) is 18.9 Å². The Balaban J connectivity index is 3.24. The molecule has 0 aromatic carbocycles. The molecule has 0 saturated heterocycles. The van der Waals surface area contributed by atoms with Crippen LogP contribution >= 0.6 is 0 Å². The highest BCUT2D eigenvalue weighted by molar-refractivity contribution is 5.84. The first-order valence-electron chi connectivity index (χ1n) is 7.82. The number of methoxy groups -OCH3 is 1. The van der Waals surface area contributed by atoms with Gasteiger partial charge in [-0.15, -0.1) is 0 Å². The number of hydrogen-bond donors (Lipinski definition) is 0. The van der Waals surface area contributed by atoms with Gasteiger partial charge in [0.05, 0.1) is 7.11 Å². The highest BCUT2D eigenvalue weighted by Gasteiger charge is 2.34. The van der Waals surface area contributed by atoms with Crippen molar-refractivity contribution in [1.82, 2.24) is 0 Å².